The number of halogens is 3. The van der Waals surface area contributed by atoms with Gasteiger partial charge >= 0.3 is 24.0 Å². The van der Waals surface area contributed by atoms with Crippen LogP contribution in [0.25, 0.3) is 0 Å². The van der Waals surface area contributed by atoms with Gasteiger partial charge < -0.3 is 15.2 Å². The summed E-state index contributed by atoms with van der Waals surface area (Å²) in [6, 6.07) is 3.05. The van der Waals surface area contributed by atoms with E-state index in [-0.39, 0.29) is 12.1 Å². The van der Waals surface area contributed by atoms with Gasteiger partial charge in [0.15, 0.2) is 0 Å². The topological polar surface area (TPSA) is 113 Å². The number of alkyl halides is 3. The van der Waals surface area contributed by atoms with Crippen LogP contribution in [-0.4, -0.2) is 54.2 Å². The number of carboxylic acids is 1. The highest BCUT2D eigenvalue weighted by Gasteiger charge is 2.45. The molecule has 11 heteroatoms. The largest absolute Gasteiger partial charge is 0.481 e. The zero-order chi connectivity index (χ0) is 20.4. The number of benzene rings is 1. The molecule has 0 aromatic heterocycles. The number of carboxylic acid groups (broad SMARTS) is 1. The molecule has 2 N–H and O–H groups in total. The van der Waals surface area contributed by atoms with E-state index in [4.69, 9.17) is 5.11 Å². The number of hydrogen-bond donors (Lipinski definition) is 2. The molecule has 1 aliphatic rings. The molecule has 1 heterocycles. The Bertz CT molecular complexity index is 780. The number of hydrogen-bond acceptors (Lipinski definition) is 5. The van der Waals surface area contributed by atoms with Crippen LogP contribution in [0.2, 0.25) is 0 Å². The van der Waals surface area contributed by atoms with Gasteiger partial charge in [-0.25, -0.2) is 4.79 Å². The maximum atomic E-state index is 12.8. The molecule has 2 unspecified atom stereocenters. The van der Waals surface area contributed by atoms with Crippen molar-refractivity contribution in [3.8, 4) is 0 Å². The Balaban J connectivity index is 2.39. The fourth-order valence-corrected chi connectivity index (χ4v) is 2.77. The van der Waals surface area contributed by atoms with E-state index < -0.39 is 48.4 Å². The number of rotatable bonds is 5. The summed E-state index contributed by atoms with van der Waals surface area (Å²) in [7, 11) is 1.08. The van der Waals surface area contributed by atoms with Crippen LogP contribution in [0.1, 0.15) is 12.0 Å². The predicted octanol–water partition coefficient (Wildman–Crippen LogP) is 0.639. The van der Waals surface area contributed by atoms with Crippen molar-refractivity contribution in [3.05, 3.63) is 29.8 Å². The van der Waals surface area contributed by atoms with Gasteiger partial charge in [0.1, 0.15) is 12.1 Å². The van der Waals surface area contributed by atoms with Crippen molar-refractivity contribution in [1.29, 1.82) is 0 Å². The third-order valence-corrected chi connectivity index (χ3v) is 3.93. The zero-order valence-electron chi connectivity index (χ0n) is 13.9. The highest BCUT2D eigenvalue weighted by molar-refractivity contribution is 6.07. The number of anilines is 1. The third kappa shape index (κ3) is 4.36. The van der Waals surface area contributed by atoms with E-state index in [0.29, 0.717) is 5.56 Å². The van der Waals surface area contributed by atoms with Crippen molar-refractivity contribution in [2.75, 3.05) is 12.0 Å². The minimum absolute atomic E-state index is 0.0432. The average molecular weight is 388 g/mol. The molecule has 2 amide bonds. The molecule has 0 spiro atoms. The van der Waals surface area contributed by atoms with Crippen molar-refractivity contribution < 1.29 is 42.2 Å². The molecule has 2 rings (SSSR count). The molecular weight excluding hydrogens is 373 g/mol. The number of amides is 2. The van der Waals surface area contributed by atoms with Gasteiger partial charge in [-0.3, -0.25) is 19.3 Å². The molecule has 1 aliphatic heterocycles. The smallest absolute Gasteiger partial charge is 0.471 e. The van der Waals surface area contributed by atoms with Crippen molar-refractivity contribution >= 4 is 29.4 Å². The Morgan fingerprint density at radius 2 is 1.93 bits per heavy atom. The number of nitrogens with one attached hydrogen (secondary N) is 1. The highest BCUT2D eigenvalue weighted by atomic mass is 19.4. The lowest BCUT2D eigenvalue weighted by Gasteiger charge is -2.28. The van der Waals surface area contributed by atoms with Crippen LogP contribution in [0.5, 0.6) is 0 Å². The Labute approximate surface area is 150 Å². The lowest BCUT2D eigenvalue weighted by molar-refractivity contribution is -0.175. The Hall–Kier alpha value is -3.11. The first-order valence-corrected chi connectivity index (χ1v) is 7.64. The van der Waals surface area contributed by atoms with E-state index in [2.05, 4.69) is 4.74 Å². The molecule has 2 atom stereocenters. The molecule has 0 saturated heterocycles. The van der Waals surface area contributed by atoms with Gasteiger partial charge in [-0.05, 0) is 11.6 Å². The maximum absolute atomic E-state index is 12.8. The summed E-state index contributed by atoms with van der Waals surface area (Å²) in [5.41, 5.74) is 0.784. The molecule has 1 aromatic rings. The number of ether oxygens (including phenoxy) is 1. The molecule has 27 heavy (non-hydrogen) atoms. The molecule has 0 radical (unpaired) electrons. The van der Waals surface area contributed by atoms with Gasteiger partial charge in [-0.2, -0.15) is 13.2 Å². The van der Waals surface area contributed by atoms with Gasteiger partial charge in [0, 0.05) is 12.1 Å². The average Bonchev–Trinajstić information content (AvgIpc) is 2.98. The van der Waals surface area contributed by atoms with Crippen LogP contribution in [0.15, 0.2) is 24.3 Å². The summed E-state index contributed by atoms with van der Waals surface area (Å²) < 4.78 is 42.2. The SMILES string of the molecule is COC(=O)C1Cc2ccccc2N1C(=O)C(CC(=O)O)NC(=O)C(F)(F)F. The minimum Gasteiger partial charge on any atom is -0.481 e. The predicted molar refractivity (Wildman–Crippen MR) is 83.7 cm³/mol. The minimum atomic E-state index is -5.30. The molecule has 146 valence electrons. The number of nitrogens with zero attached hydrogens (tertiary/aromatic N) is 1. The van der Waals surface area contributed by atoms with Crippen LogP contribution in [0.4, 0.5) is 18.9 Å². The number of para-hydroxylation sites is 1. The summed E-state index contributed by atoms with van der Waals surface area (Å²) in [6.07, 6.45) is -6.35. The van der Waals surface area contributed by atoms with E-state index >= 15 is 0 Å². The van der Waals surface area contributed by atoms with Gasteiger partial charge in [-0.15, -0.1) is 0 Å². The molecule has 8 nitrogen and oxygen atoms in total. The van der Waals surface area contributed by atoms with Crippen LogP contribution in [0.3, 0.4) is 0 Å². The summed E-state index contributed by atoms with van der Waals surface area (Å²) in [6.45, 7) is 0. The first-order valence-electron chi connectivity index (χ1n) is 7.64. The lowest BCUT2D eigenvalue weighted by atomic mass is 10.1. The second kappa shape index (κ2) is 7.64. The quantitative estimate of drug-likeness (QED) is 0.716. The first kappa shape index (κ1) is 20.2. The fraction of sp³-hybridized carbons (Fsp3) is 0.375. The Morgan fingerprint density at radius 1 is 1.30 bits per heavy atom. The number of aliphatic carboxylic acids is 1. The molecule has 0 bridgehead atoms. The third-order valence-electron chi connectivity index (χ3n) is 3.93. The highest BCUT2D eigenvalue weighted by Crippen LogP contribution is 2.33. The zero-order valence-corrected chi connectivity index (χ0v) is 13.9. The second-order valence-corrected chi connectivity index (χ2v) is 5.70. The maximum Gasteiger partial charge on any atom is 0.471 e. The van der Waals surface area contributed by atoms with Gasteiger partial charge in [0.2, 0.25) is 0 Å². The van der Waals surface area contributed by atoms with Crippen molar-refractivity contribution in [3.63, 3.8) is 0 Å². The summed E-state index contributed by atoms with van der Waals surface area (Å²) in [5, 5.41) is 10.3. The normalized spacial score (nSPS) is 17.0. The van der Waals surface area contributed by atoms with E-state index in [0.717, 1.165) is 12.0 Å². The van der Waals surface area contributed by atoms with E-state index in [1.165, 1.54) is 11.4 Å². The van der Waals surface area contributed by atoms with Crippen LogP contribution in [0, 0.1) is 0 Å². The standard InChI is InChI=1S/C16H15F3N2O6/c1-27-14(25)11-6-8-4-2-3-5-10(8)21(11)13(24)9(7-12(22)23)20-15(26)16(17,18)19/h2-5,9,11H,6-7H2,1H3,(H,20,26)(H,22,23). The Kier molecular flexibility index (Phi) is 5.72. The first-order chi connectivity index (χ1) is 12.6. The monoisotopic (exact) mass is 388 g/mol. The van der Waals surface area contributed by atoms with E-state index in [1.54, 1.807) is 18.2 Å². The molecule has 0 fully saturated rings. The van der Waals surface area contributed by atoms with Crippen molar-refractivity contribution in [2.45, 2.75) is 31.1 Å². The van der Waals surface area contributed by atoms with Gasteiger partial charge in [0.05, 0.1) is 13.5 Å². The summed E-state index contributed by atoms with van der Waals surface area (Å²) in [5.74, 6) is -6.03. The fourth-order valence-electron chi connectivity index (χ4n) is 2.77. The number of methoxy groups -OCH3 is 1. The number of carbonyl (C=O) groups excluding carboxylic acids is 3. The summed E-state index contributed by atoms with van der Waals surface area (Å²) in [4.78, 5) is 47.9. The lowest BCUT2D eigenvalue weighted by Crippen LogP contribution is -2.55. The molecular formula is C16H15F3N2O6. The molecule has 1 aromatic carbocycles. The number of fused-ring (bicyclic) bond motifs is 1. The Morgan fingerprint density at radius 3 is 2.48 bits per heavy atom. The second-order valence-electron chi connectivity index (χ2n) is 5.70. The van der Waals surface area contributed by atoms with Crippen LogP contribution >= 0.6 is 0 Å². The van der Waals surface area contributed by atoms with Crippen molar-refractivity contribution in [1.82, 2.24) is 5.32 Å². The van der Waals surface area contributed by atoms with E-state index in [9.17, 15) is 32.3 Å². The van der Waals surface area contributed by atoms with Gasteiger partial charge in [-0.1, -0.05) is 18.2 Å². The van der Waals surface area contributed by atoms with Crippen molar-refractivity contribution in [2.24, 2.45) is 0 Å². The van der Waals surface area contributed by atoms with Gasteiger partial charge in [0.25, 0.3) is 5.91 Å². The molecule has 0 aliphatic carbocycles. The summed E-state index contributed by atoms with van der Waals surface area (Å²) >= 11 is 0. The van der Waals surface area contributed by atoms with Crippen LogP contribution < -0.4 is 10.2 Å². The number of carbonyl (C=O) groups is 4. The van der Waals surface area contributed by atoms with E-state index in [1.807, 2.05) is 0 Å². The molecule has 0 saturated carbocycles. The number of esters is 1. The van der Waals surface area contributed by atoms with Crippen LogP contribution in [-0.2, 0) is 30.3 Å².